The van der Waals surface area contributed by atoms with Gasteiger partial charge < -0.3 is 9.47 Å². The monoisotopic (exact) mass is 234 g/mol. The first-order chi connectivity index (χ1) is 8.17. The predicted molar refractivity (Wildman–Crippen MR) is 63.4 cm³/mol. The zero-order chi connectivity index (χ0) is 12.7. The number of rotatable bonds is 4. The molecule has 4 nitrogen and oxygen atoms in total. The molecule has 17 heavy (non-hydrogen) atoms. The molecule has 0 unspecified atom stereocenters. The maximum absolute atomic E-state index is 11.5. The second kappa shape index (κ2) is 6.48. The maximum Gasteiger partial charge on any atom is 0.338 e. The van der Waals surface area contributed by atoms with Crippen LogP contribution in [0.1, 0.15) is 22.8 Å². The first-order valence-electron chi connectivity index (χ1n) is 5.20. The standard InChI is InChI=1S/C13H14O4/c1-3-17-13(15)11-6-4-5-10(9-11)7-8-12(14)16-2/h4-9H,3H2,1-2H3. The van der Waals surface area contributed by atoms with Gasteiger partial charge in [0.1, 0.15) is 0 Å². The van der Waals surface area contributed by atoms with Crippen molar-refractivity contribution in [2.24, 2.45) is 0 Å². The van der Waals surface area contributed by atoms with Crippen LogP contribution in [0.4, 0.5) is 0 Å². The third-order valence-corrected chi connectivity index (χ3v) is 2.01. The van der Waals surface area contributed by atoms with Gasteiger partial charge in [-0.25, -0.2) is 9.59 Å². The van der Waals surface area contributed by atoms with E-state index in [-0.39, 0.29) is 5.97 Å². The van der Waals surface area contributed by atoms with Gasteiger partial charge in [-0.15, -0.1) is 0 Å². The molecule has 0 heterocycles. The van der Waals surface area contributed by atoms with E-state index in [1.165, 1.54) is 13.2 Å². The normalized spacial score (nSPS) is 10.2. The Labute approximate surface area is 99.8 Å². The molecule has 0 aliphatic heterocycles. The van der Waals surface area contributed by atoms with Crippen LogP contribution in [0, 0.1) is 0 Å². The van der Waals surface area contributed by atoms with E-state index in [2.05, 4.69) is 4.74 Å². The van der Waals surface area contributed by atoms with E-state index < -0.39 is 5.97 Å². The molecule has 0 spiro atoms. The largest absolute Gasteiger partial charge is 0.466 e. The Kier molecular flexibility index (Phi) is 4.94. The van der Waals surface area contributed by atoms with Gasteiger partial charge in [0.25, 0.3) is 0 Å². The Morgan fingerprint density at radius 1 is 1.35 bits per heavy atom. The van der Waals surface area contributed by atoms with E-state index in [0.717, 1.165) is 5.56 Å². The topological polar surface area (TPSA) is 52.6 Å². The van der Waals surface area contributed by atoms with Gasteiger partial charge in [-0.1, -0.05) is 12.1 Å². The van der Waals surface area contributed by atoms with E-state index in [9.17, 15) is 9.59 Å². The molecule has 0 fully saturated rings. The highest BCUT2D eigenvalue weighted by molar-refractivity contribution is 5.91. The second-order valence-electron chi connectivity index (χ2n) is 3.20. The minimum Gasteiger partial charge on any atom is -0.466 e. The van der Waals surface area contributed by atoms with Crippen LogP contribution in [-0.2, 0) is 14.3 Å². The lowest BCUT2D eigenvalue weighted by molar-refractivity contribution is -0.134. The van der Waals surface area contributed by atoms with Crippen molar-refractivity contribution < 1.29 is 19.1 Å². The molecule has 1 rings (SSSR count). The van der Waals surface area contributed by atoms with Gasteiger partial charge in [-0.05, 0) is 30.7 Å². The quantitative estimate of drug-likeness (QED) is 0.591. The zero-order valence-electron chi connectivity index (χ0n) is 9.80. The SMILES string of the molecule is CCOC(=O)c1cccc(C=CC(=O)OC)c1. The number of benzene rings is 1. The van der Waals surface area contributed by atoms with Crippen LogP contribution >= 0.6 is 0 Å². The number of hydrogen-bond donors (Lipinski definition) is 0. The summed E-state index contributed by atoms with van der Waals surface area (Å²) in [7, 11) is 1.31. The average Bonchev–Trinajstić information content (AvgIpc) is 2.36. The van der Waals surface area contributed by atoms with Crippen LogP contribution in [0.2, 0.25) is 0 Å². The Balaban J connectivity index is 2.82. The average molecular weight is 234 g/mol. The van der Waals surface area contributed by atoms with Crippen molar-refractivity contribution in [3.8, 4) is 0 Å². The molecule has 0 aromatic heterocycles. The Morgan fingerprint density at radius 2 is 2.12 bits per heavy atom. The summed E-state index contributed by atoms with van der Waals surface area (Å²) in [5, 5.41) is 0. The summed E-state index contributed by atoms with van der Waals surface area (Å²) in [5.74, 6) is -0.813. The fourth-order valence-electron chi connectivity index (χ4n) is 1.22. The van der Waals surface area contributed by atoms with Crippen LogP contribution in [-0.4, -0.2) is 25.7 Å². The van der Waals surface area contributed by atoms with Crippen LogP contribution in [0.3, 0.4) is 0 Å². The van der Waals surface area contributed by atoms with Gasteiger partial charge in [0.05, 0.1) is 19.3 Å². The minimum atomic E-state index is -0.438. The summed E-state index contributed by atoms with van der Waals surface area (Å²) < 4.78 is 9.35. The highest BCUT2D eigenvalue weighted by atomic mass is 16.5. The van der Waals surface area contributed by atoms with Crippen molar-refractivity contribution in [2.45, 2.75) is 6.92 Å². The summed E-state index contributed by atoms with van der Waals surface area (Å²) in [4.78, 5) is 22.4. The zero-order valence-corrected chi connectivity index (χ0v) is 9.80. The molecule has 90 valence electrons. The molecular weight excluding hydrogens is 220 g/mol. The van der Waals surface area contributed by atoms with E-state index in [0.29, 0.717) is 12.2 Å². The molecule has 0 saturated carbocycles. The smallest absolute Gasteiger partial charge is 0.338 e. The lowest BCUT2D eigenvalue weighted by Crippen LogP contribution is -2.04. The van der Waals surface area contributed by atoms with Gasteiger partial charge in [0.15, 0.2) is 0 Å². The fraction of sp³-hybridized carbons (Fsp3) is 0.231. The Morgan fingerprint density at radius 3 is 2.76 bits per heavy atom. The van der Waals surface area contributed by atoms with Crippen LogP contribution < -0.4 is 0 Å². The number of esters is 2. The molecule has 0 amide bonds. The van der Waals surface area contributed by atoms with Gasteiger partial charge in [0.2, 0.25) is 0 Å². The van der Waals surface area contributed by atoms with Gasteiger partial charge in [0, 0.05) is 6.08 Å². The van der Waals surface area contributed by atoms with Crippen molar-refractivity contribution in [3.63, 3.8) is 0 Å². The maximum atomic E-state index is 11.5. The number of ether oxygens (including phenoxy) is 2. The predicted octanol–water partition coefficient (Wildman–Crippen LogP) is 2.05. The first kappa shape index (κ1) is 13.0. The molecule has 0 bridgehead atoms. The molecule has 0 aliphatic rings. The molecule has 4 heteroatoms. The van der Waals surface area contributed by atoms with E-state index in [1.54, 1.807) is 37.3 Å². The van der Waals surface area contributed by atoms with E-state index in [4.69, 9.17) is 4.74 Å². The summed E-state index contributed by atoms with van der Waals surface area (Å²) in [6, 6.07) is 6.82. The molecule has 1 aromatic rings. The molecule has 0 saturated heterocycles. The summed E-state index contributed by atoms with van der Waals surface area (Å²) in [6.07, 6.45) is 2.87. The fourth-order valence-corrected chi connectivity index (χ4v) is 1.22. The third-order valence-electron chi connectivity index (χ3n) is 2.01. The summed E-state index contributed by atoms with van der Waals surface area (Å²) in [5.41, 5.74) is 1.19. The van der Waals surface area contributed by atoms with Crippen molar-refractivity contribution in [3.05, 3.63) is 41.5 Å². The lowest BCUT2D eigenvalue weighted by Gasteiger charge is -2.02. The van der Waals surface area contributed by atoms with Crippen LogP contribution in [0.15, 0.2) is 30.3 Å². The molecule has 1 aromatic carbocycles. The van der Waals surface area contributed by atoms with Crippen molar-refractivity contribution in [2.75, 3.05) is 13.7 Å². The highest BCUT2D eigenvalue weighted by Gasteiger charge is 2.05. The molecule has 0 atom stereocenters. The van der Waals surface area contributed by atoms with Crippen molar-refractivity contribution >= 4 is 18.0 Å². The first-order valence-corrected chi connectivity index (χ1v) is 5.20. The van der Waals surface area contributed by atoms with E-state index in [1.807, 2.05) is 0 Å². The number of carbonyl (C=O) groups excluding carboxylic acids is 2. The summed E-state index contributed by atoms with van der Waals surface area (Å²) >= 11 is 0. The Bertz CT molecular complexity index is 435. The number of methoxy groups -OCH3 is 1. The Hall–Kier alpha value is -2.10. The van der Waals surface area contributed by atoms with Gasteiger partial charge in [-0.2, -0.15) is 0 Å². The van der Waals surface area contributed by atoms with Crippen molar-refractivity contribution in [1.82, 2.24) is 0 Å². The molecule has 0 N–H and O–H groups in total. The second-order valence-corrected chi connectivity index (χ2v) is 3.20. The highest BCUT2D eigenvalue weighted by Crippen LogP contribution is 2.08. The van der Waals surface area contributed by atoms with Crippen LogP contribution in [0.25, 0.3) is 6.08 Å². The number of carbonyl (C=O) groups is 2. The number of hydrogen-bond acceptors (Lipinski definition) is 4. The molecule has 0 aliphatic carbocycles. The molecule has 0 radical (unpaired) electrons. The van der Waals surface area contributed by atoms with Gasteiger partial charge in [-0.3, -0.25) is 0 Å². The molecular formula is C13H14O4. The lowest BCUT2D eigenvalue weighted by atomic mass is 10.1. The third kappa shape index (κ3) is 4.10. The minimum absolute atomic E-state index is 0.334. The van der Waals surface area contributed by atoms with Crippen molar-refractivity contribution in [1.29, 1.82) is 0 Å². The van der Waals surface area contributed by atoms with Crippen LogP contribution in [0.5, 0.6) is 0 Å². The van der Waals surface area contributed by atoms with Gasteiger partial charge >= 0.3 is 11.9 Å². The van der Waals surface area contributed by atoms with E-state index >= 15 is 0 Å². The summed E-state index contributed by atoms with van der Waals surface area (Å²) in [6.45, 7) is 2.08.